The summed E-state index contributed by atoms with van der Waals surface area (Å²) in [5.74, 6) is -0.619. The summed E-state index contributed by atoms with van der Waals surface area (Å²) < 4.78 is 28.6. The van der Waals surface area contributed by atoms with E-state index < -0.39 is 30.3 Å². The molecule has 0 bridgehead atoms. The average molecular weight is 704 g/mol. The van der Waals surface area contributed by atoms with E-state index in [0.29, 0.717) is 13.1 Å². The summed E-state index contributed by atoms with van der Waals surface area (Å²) in [5.41, 5.74) is 2.06. The molecule has 1 amide bonds. The molecule has 1 aliphatic heterocycles. The molecule has 2 aromatic heterocycles. The van der Waals surface area contributed by atoms with Crippen LogP contribution in [0.4, 0.5) is 5.95 Å². The number of amides is 1. The molecule has 3 heterocycles. The van der Waals surface area contributed by atoms with E-state index in [1.165, 1.54) is 11.0 Å². The van der Waals surface area contributed by atoms with Crippen LogP contribution < -0.4 is 10.9 Å². The Morgan fingerprint density at radius 3 is 2.08 bits per heavy atom. The lowest BCUT2D eigenvalue weighted by Gasteiger charge is -2.50. The molecule has 49 heavy (non-hydrogen) atoms. The van der Waals surface area contributed by atoms with Gasteiger partial charge in [0.15, 0.2) is 11.2 Å². The normalized spacial score (nSPS) is 18.5. The third-order valence-corrected chi connectivity index (χ3v) is 11.2. The Morgan fingerprint density at radius 1 is 1.02 bits per heavy atom. The van der Waals surface area contributed by atoms with Crippen LogP contribution in [0.25, 0.3) is 11.2 Å². The lowest BCUT2D eigenvalue weighted by molar-refractivity contribution is -0.145. The number of benzene rings is 3. The first-order valence-electron chi connectivity index (χ1n) is 16.0. The van der Waals surface area contributed by atoms with Crippen molar-refractivity contribution in [1.82, 2.24) is 29.1 Å². The van der Waals surface area contributed by atoms with Crippen LogP contribution in [0.1, 0.15) is 36.8 Å². The maximum atomic E-state index is 13.1. The fourth-order valence-corrected chi connectivity index (χ4v) is 6.92. The van der Waals surface area contributed by atoms with E-state index in [0.717, 1.165) is 16.7 Å². The first-order valence-corrected chi connectivity index (χ1v) is 18.5. The average Bonchev–Trinajstić information content (AvgIpc) is 3.54. The van der Waals surface area contributed by atoms with Crippen molar-refractivity contribution in [2.75, 3.05) is 39.1 Å². The number of imidazole rings is 1. The van der Waals surface area contributed by atoms with Crippen LogP contribution in [0.15, 0.2) is 102 Å². The Balaban J connectivity index is 1.52. The molecule has 3 aromatic carbocycles. The number of hydrogen-bond donors (Lipinski definition) is 2. The van der Waals surface area contributed by atoms with Gasteiger partial charge in [-0.15, -0.1) is 0 Å². The molecular weight excluding hydrogens is 665 g/mol. The third kappa shape index (κ3) is 6.98. The predicted molar refractivity (Wildman–Crippen MR) is 189 cm³/mol. The topological polar surface area (TPSA) is 135 Å². The molecule has 0 radical (unpaired) electrons. The molecule has 0 spiro atoms. The summed E-state index contributed by atoms with van der Waals surface area (Å²) in [6, 6.07) is 30.7. The van der Waals surface area contributed by atoms with E-state index in [4.69, 9.17) is 20.5 Å². The minimum Gasteiger partial charge on any atom is -0.350 e. The maximum absolute atomic E-state index is 13.1. The number of nitrogens with zero attached hydrogens (tertiary/aromatic N) is 5. The van der Waals surface area contributed by atoms with E-state index in [-0.39, 0.29) is 35.5 Å². The minimum absolute atomic E-state index is 0.00626. The fourth-order valence-electron chi connectivity index (χ4n) is 6.17. The van der Waals surface area contributed by atoms with E-state index in [2.05, 4.69) is 61.6 Å². The second-order valence-electron chi connectivity index (χ2n) is 12.4. The number of carbonyl (C=O) groups is 1. The van der Waals surface area contributed by atoms with Crippen molar-refractivity contribution in [3.8, 4) is 0 Å². The molecule has 14 heteroatoms. The lowest BCUT2D eigenvalue weighted by Crippen LogP contribution is -2.57. The molecule has 1 saturated heterocycles. The monoisotopic (exact) mass is 703 g/mol. The quantitative estimate of drug-likeness (QED) is 0.129. The van der Waals surface area contributed by atoms with Crippen LogP contribution in [0.5, 0.6) is 0 Å². The van der Waals surface area contributed by atoms with Gasteiger partial charge in [-0.25, -0.2) is 9.65 Å². The zero-order chi connectivity index (χ0) is 34.8. The van der Waals surface area contributed by atoms with Gasteiger partial charge >= 0.3 is 6.87 Å². The maximum Gasteiger partial charge on any atom is 0.362 e. The predicted octanol–water partition coefficient (Wildman–Crippen LogP) is 5.83. The summed E-state index contributed by atoms with van der Waals surface area (Å²) in [6.07, 6.45) is 0.120. The van der Waals surface area contributed by atoms with Gasteiger partial charge in [0, 0.05) is 19.0 Å². The highest BCUT2D eigenvalue weighted by atomic mass is 35.7. The number of ether oxygens (including phenoxy) is 1. The first-order chi connectivity index (χ1) is 23.5. The van der Waals surface area contributed by atoms with Crippen molar-refractivity contribution in [3.63, 3.8) is 0 Å². The number of anilines is 1. The summed E-state index contributed by atoms with van der Waals surface area (Å²) in [4.78, 5) is 39.5. The van der Waals surface area contributed by atoms with Crippen LogP contribution >= 0.6 is 18.1 Å². The molecule has 1 aliphatic rings. The summed E-state index contributed by atoms with van der Waals surface area (Å²) in [5, 5.41) is 2.68. The van der Waals surface area contributed by atoms with Gasteiger partial charge in [0.25, 0.3) is 5.56 Å². The molecule has 1 fully saturated rings. The number of morpholine rings is 1. The van der Waals surface area contributed by atoms with E-state index >= 15 is 0 Å². The van der Waals surface area contributed by atoms with Gasteiger partial charge in [0.05, 0.1) is 24.6 Å². The van der Waals surface area contributed by atoms with Crippen LogP contribution in [-0.2, 0) is 24.2 Å². The largest absolute Gasteiger partial charge is 0.362 e. The van der Waals surface area contributed by atoms with Crippen LogP contribution in [-0.4, -0.2) is 74.9 Å². The number of aromatic amines is 1. The molecule has 0 saturated carbocycles. The molecule has 12 nitrogen and oxygen atoms in total. The van der Waals surface area contributed by atoms with Gasteiger partial charge in [-0.05, 0) is 42.0 Å². The van der Waals surface area contributed by atoms with Gasteiger partial charge in [-0.2, -0.15) is 4.98 Å². The number of nitrogens with one attached hydrogen (secondary N) is 2. The third-order valence-electron chi connectivity index (χ3n) is 8.61. The van der Waals surface area contributed by atoms with Crippen molar-refractivity contribution in [2.24, 2.45) is 5.92 Å². The fraction of sp³-hybridized carbons (Fsp3) is 0.314. The van der Waals surface area contributed by atoms with Gasteiger partial charge in [0.2, 0.25) is 11.9 Å². The van der Waals surface area contributed by atoms with Crippen molar-refractivity contribution in [1.29, 1.82) is 0 Å². The Bertz CT molecular complexity index is 1910. The Labute approximate surface area is 289 Å². The molecular formula is C35H39ClN7O5P. The number of fused-ring (bicyclic) bond motifs is 1. The Morgan fingerprint density at radius 2 is 1.57 bits per heavy atom. The zero-order valence-electron chi connectivity index (χ0n) is 27.7. The standard InChI is InChI=1S/C35H39ClN7O5P/c1-24(2)32(44)39-34-38-31-30(33(45)40-34)37-23-43(31)29-21-42(20-28(48-29)22-47-49(36,46)41(3)4)35(25-14-8-5-9-15-25,26-16-10-6-11-17-26)27-18-12-7-13-19-27/h5-19,23-24,28-29H,20-22H2,1-4H3,(H2,38,39,40,44,45). The molecule has 3 unspecified atom stereocenters. The summed E-state index contributed by atoms with van der Waals surface area (Å²) >= 11 is 6.31. The second kappa shape index (κ2) is 14.4. The highest BCUT2D eigenvalue weighted by Gasteiger charge is 2.47. The SMILES string of the molecule is CC(C)C(=O)Nc1nc2c(ncn2C2CN(C(c3ccccc3)(c3ccccc3)c3ccccc3)CC(COP(=O)(Cl)N(C)C)O2)c(=O)[nH]1. The van der Waals surface area contributed by atoms with Gasteiger partial charge in [-0.1, -0.05) is 105 Å². The number of halogens is 1. The zero-order valence-corrected chi connectivity index (χ0v) is 29.3. The van der Waals surface area contributed by atoms with E-state index in [1.807, 2.05) is 54.6 Å². The van der Waals surface area contributed by atoms with Gasteiger partial charge in [-0.3, -0.25) is 33.9 Å². The van der Waals surface area contributed by atoms with Crippen LogP contribution in [0, 0.1) is 5.92 Å². The Kier molecular flexibility index (Phi) is 10.2. The number of rotatable bonds is 11. The van der Waals surface area contributed by atoms with Gasteiger partial charge < -0.3 is 9.26 Å². The number of carbonyl (C=O) groups excluding carboxylic acids is 1. The molecule has 256 valence electrons. The number of H-pyrrole nitrogens is 1. The van der Waals surface area contributed by atoms with Crippen molar-refractivity contribution in [3.05, 3.63) is 124 Å². The highest BCUT2D eigenvalue weighted by molar-refractivity contribution is 7.83. The number of aromatic nitrogens is 4. The molecule has 6 rings (SSSR count). The summed E-state index contributed by atoms with van der Waals surface area (Å²) in [6.45, 7) is 0.450. The molecule has 2 N–H and O–H groups in total. The van der Waals surface area contributed by atoms with Crippen molar-refractivity contribution in [2.45, 2.75) is 31.7 Å². The Hall–Kier alpha value is -4.16. The van der Waals surface area contributed by atoms with E-state index in [9.17, 15) is 14.2 Å². The molecule has 0 aliphatic carbocycles. The van der Waals surface area contributed by atoms with Crippen molar-refractivity contribution >= 4 is 41.1 Å². The second-order valence-corrected chi connectivity index (χ2v) is 15.6. The molecule has 5 aromatic rings. The smallest absolute Gasteiger partial charge is 0.350 e. The lowest BCUT2D eigenvalue weighted by atomic mass is 9.75. The molecule has 3 atom stereocenters. The van der Waals surface area contributed by atoms with Crippen molar-refractivity contribution < 1.29 is 18.6 Å². The van der Waals surface area contributed by atoms with Gasteiger partial charge in [0.1, 0.15) is 6.23 Å². The number of hydrogen-bond acceptors (Lipinski definition) is 8. The van der Waals surface area contributed by atoms with Crippen LogP contribution in [0.2, 0.25) is 0 Å². The summed E-state index contributed by atoms with van der Waals surface area (Å²) in [7, 11) is 3.18. The highest BCUT2D eigenvalue weighted by Crippen LogP contribution is 2.54. The van der Waals surface area contributed by atoms with Crippen LogP contribution in [0.3, 0.4) is 0 Å². The first kappa shape index (κ1) is 34.7. The minimum atomic E-state index is -3.63. The van der Waals surface area contributed by atoms with E-state index in [1.54, 1.807) is 32.5 Å².